The molecule has 0 bridgehead atoms. The molecule has 2 aromatic rings. The largest absolute Gasteiger partial charge is 0.349 e. The normalized spacial score (nSPS) is 13.3. The molecule has 0 saturated heterocycles. The van der Waals surface area contributed by atoms with Gasteiger partial charge in [-0.25, -0.2) is 4.39 Å². The summed E-state index contributed by atoms with van der Waals surface area (Å²) in [5.74, 6) is 0.00270. The minimum atomic E-state index is -0.270. The number of carbonyl (C=O) groups is 2. The van der Waals surface area contributed by atoms with Crippen molar-refractivity contribution in [1.82, 2.24) is 5.32 Å². The Morgan fingerprint density at radius 3 is 2.48 bits per heavy atom. The highest BCUT2D eigenvalue weighted by Crippen LogP contribution is 2.22. The van der Waals surface area contributed by atoms with Gasteiger partial charge in [0.15, 0.2) is 0 Å². The summed E-state index contributed by atoms with van der Waals surface area (Å²) < 4.78 is 13.5. The van der Waals surface area contributed by atoms with E-state index in [2.05, 4.69) is 10.6 Å². The Kier molecular flexibility index (Phi) is 5.71. The molecular weight excluding hydrogens is 339 g/mol. The Labute approximate surface area is 150 Å². The van der Waals surface area contributed by atoms with Crippen LogP contribution in [0.4, 0.5) is 10.1 Å². The molecule has 1 fully saturated rings. The second-order valence-corrected chi connectivity index (χ2v) is 7.04. The van der Waals surface area contributed by atoms with Crippen LogP contribution < -0.4 is 10.6 Å². The summed E-state index contributed by atoms with van der Waals surface area (Å²) in [5.41, 5.74) is 1.23. The first-order valence-corrected chi connectivity index (χ1v) is 9.18. The lowest BCUT2D eigenvalue weighted by Crippen LogP contribution is -2.25. The van der Waals surface area contributed by atoms with Crippen molar-refractivity contribution in [2.24, 2.45) is 0 Å². The highest BCUT2D eigenvalue weighted by atomic mass is 32.2. The van der Waals surface area contributed by atoms with Crippen molar-refractivity contribution in [2.75, 3.05) is 11.1 Å². The van der Waals surface area contributed by atoms with Gasteiger partial charge in [0.1, 0.15) is 5.82 Å². The summed E-state index contributed by atoms with van der Waals surface area (Å²) in [6.07, 6.45) is 2.37. The predicted molar refractivity (Wildman–Crippen MR) is 97.3 cm³/mol. The zero-order valence-electron chi connectivity index (χ0n) is 13.6. The quantitative estimate of drug-likeness (QED) is 0.740. The van der Waals surface area contributed by atoms with Crippen molar-refractivity contribution < 1.29 is 14.0 Å². The molecule has 25 heavy (non-hydrogen) atoms. The minimum Gasteiger partial charge on any atom is -0.349 e. The SMILES string of the molecule is O=C(CCSc1ccccc1F)Nc1ccc(C(=O)NC2CC2)cc1. The summed E-state index contributed by atoms with van der Waals surface area (Å²) in [7, 11) is 0. The number of nitrogens with one attached hydrogen (secondary N) is 2. The molecule has 0 unspecified atom stereocenters. The summed E-state index contributed by atoms with van der Waals surface area (Å²) in [6.45, 7) is 0. The number of anilines is 1. The lowest BCUT2D eigenvalue weighted by molar-refractivity contribution is -0.115. The molecule has 3 rings (SSSR count). The van der Waals surface area contributed by atoms with Gasteiger partial charge >= 0.3 is 0 Å². The average molecular weight is 358 g/mol. The third-order valence-corrected chi connectivity index (χ3v) is 4.82. The minimum absolute atomic E-state index is 0.0818. The molecule has 0 radical (unpaired) electrons. The molecule has 6 heteroatoms. The highest BCUT2D eigenvalue weighted by Gasteiger charge is 2.23. The Morgan fingerprint density at radius 1 is 1.08 bits per heavy atom. The number of rotatable bonds is 7. The van der Waals surface area contributed by atoms with Crippen LogP contribution in [-0.4, -0.2) is 23.6 Å². The van der Waals surface area contributed by atoms with Crippen LogP contribution in [0.1, 0.15) is 29.6 Å². The molecule has 0 aliphatic heterocycles. The lowest BCUT2D eigenvalue weighted by atomic mass is 10.2. The zero-order chi connectivity index (χ0) is 17.6. The number of hydrogen-bond acceptors (Lipinski definition) is 3. The molecular formula is C19H19FN2O2S. The Hall–Kier alpha value is -2.34. The molecule has 2 N–H and O–H groups in total. The standard InChI is InChI=1S/C19H19FN2O2S/c20-16-3-1-2-4-17(16)25-12-11-18(23)21-14-7-5-13(6-8-14)19(24)22-15-9-10-15/h1-8,15H,9-12H2,(H,21,23)(H,22,24). The van der Waals surface area contributed by atoms with Gasteiger partial charge in [-0.05, 0) is 49.2 Å². The number of halogens is 1. The summed E-state index contributed by atoms with van der Waals surface area (Å²) in [5, 5.41) is 5.70. The van der Waals surface area contributed by atoms with Crippen LogP contribution in [0, 0.1) is 5.82 Å². The van der Waals surface area contributed by atoms with E-state index in [0.717, 1.165) is 12.8 Å². The van der Waals surface area contributed by atoms with Crippen LogP contribution >= 0.6 is 11.8 Å². The number of benzene rings is 2. The van der Waals surface area contributed by atoms with E-state index in [-0.39, 0.29) is 24.1 Å². The van der Waals surface area contributed by atoms with Gasteiger partial charge < -0.3 is 10.6 Å². The molecule has 1 saturated carbocycles. The molecule has 1 aliphatic carbocycles. The van der Waals surface area contributed by atoms with Crippen molar-refractivity contribution in [3.8, 4) is 0 Å². The number of thioether (sulfide) groups is 1. The second kappa shape index (κ2) is 8.16. The Balaban J connectivity index is 1.44. The predicted octanol–water partition coefficient (Wildman–Crippen LogP) is 3.84. The van der Waals surface area contributed by atoms with Gasteiger partial charge in [0.25, 0.3) is 5.91 Å². The first-order valence-electron chi connectivity index (χ1n) is 8.20. The van der Waals surface area contributed by atoms with Gasteiger partial charge in [-0.15, -0.1) is 11.8 Å². The van der Waals surface area contributed by atoms with E-state index in [1.165, 1.54) is 17.8 Å². The van der Waals surface area contributed by atoms with Crippen molar-refractivity contribution in [1.29, 1.82) is 0 Å². The van der Waals surface area contributed by atoms with Gasteiger partial charge in [0, 0.05) is 34.4 Å². The van der Waals surface area contributed by atoms with Crippen molar-refractivity contribution in [3.05, 3.63) is 59.9 Å². The fourth-order valence-corrected chi connectivity index (χ4v) is 3.13. The van der Waals surface area contributed by atoms with E-state index in [9.17, 15) is 14.0 Å². The van der Waals surface area contributed by atoms with E-state index >= 15 is 0 Å². The van der Waals surface area contributed by atoms with E-state index in [0.29, 0.717) is 27.9 Å². The number of hydrogen-bond donors (Lipinski definition) is 2. The van der Waals surface area contributed by atoms with E-state index in [1.54, 1.807) is 42.5 Å². The van der Waals surface area contributed by atoms with Gasteiger partial charge in [-0.3, -0.25) is 9.59 Å². The molecule has 130 valence electrons. The third-order valence-electron chi connectivity index (χ3n) is 3.77. The molecule has 0 atom stereocenters. The smallest absolute Gasteiger partial charge is 0.251 e. The third kappa shape index (κ3) is 5.32. The molecule has 0 aromatic heterocycles. The first-order chi connectivity index (χ1) is 12.1. The monoisotopic (exact) mass is 358 g/mol. The molecule has 4 nitrogen and oxygen atoms in total. The summed E-state index contributed by atoms with van der Waals surface area (Å²) in [4.78, 5) is 24.4. The molecule has 2 aromatic carbocycles. The number of carbonyl (C=O) groups excluding carboxylic acids is 2. The van der Waals surface area contributed by atoms with Crippen LogP contribution in [0.5, 0.6) is 0 Å². The molecule has 0 heterocycles. The highest BCUT2D eigenvalue weighted by molar-refractivity contribution is 7.99. The Morgan fingerprint density at radius 2 is 1.80 bits per heavy atom. The van der Waals surface area contributed by atoms with Gasteiger partial charge in [0.05, 0.1) is 0 Å². The first kappa shape index (κ1) is 17.5. The molecule has 2 amide bonds. The van der Waals surface area contributed by atoms with Crippen LogP contribution in [0.3, 0.4) is 0 Å². The number of amides is 2. The average Bonchev–Trinajstić information content (AvgIpc) is 3.41. The van der Waals surface area contributed by atoms with Crippen molar-refractivity contribution >= 4 is 29.3 Å². The Bertz CT molecular complexity index is 760. The van der Waals surface area contributed by atoms with Crippen LogP contribution in [-0.2, 0) is 4.79 Å². The fourth-order valence-electron chi connectivity index (χ4n) is 2.24. The van der Waals surface area contributed by atoms with E-state index in [1.807, 2.05) is 0 Å². The zero-order valence-corrected chi connectivity index (χ0v) is 14.4. The fraction of sp³-hybridized carbons (Fsp3) is 0.263. The van der Waals surface area contributed by atoms with Crippen LogP contribution in [0.15, 0.2) is 53.4 Å². The maximum Gasteiger partial charge on any atom is 0.251 e. The maximum absolute atomic E-state index is 13.5. The van der Waals surface area contributed by atoms with Crippen molar-refractivity contribution in [2.45, 2.75) is 30.2 Å². The summed E-state index contributed by atoms with van der Waals surface area (Å²) >= 11 is 1.32. The van der Waals surface area contributed by atoms with Gasteiger partial charge in [-0.1, -0.05) is 12.1 Å². The topological polar surface area (TPSA) is 58.2 Å². The molecule has 0 spiro atoms. The summed E-state index contributed by atoms with van der Waals surface area (Å²) in [6, 6.07) is 13.6. The van der Waals surface area contributed by atoms with E-state index in [4.69, 9.17) is 0 Å². The maximum atomic E-state index is 13.5. The second-order valence-electron chi connectivity index (χ2n) is 5.90. The van der Waals surface area contributed by atoms with Gasteiger partial charge in [-0.2, -0.15) is 0 Å². The lowest BCUT2D eigenvalue weighted by Gasteiger charge is -2.07. The van der Waals surface area contributed by atoms with Crippen LogP contribution in [0.25, 0.3) is 0 Å². The van der Waals surface area contributed by atoms with Gasteiger partial charge in [0.2, 0.25) is 5.91 Å². The van der Waals surface area contributed by atoms with E-state index < -0.39 is 0 Å². The van der Waals surface area contributed by atoms with Crippen LogP contribution in [0.2, 0.25) is 0 Å². The van der Waals surface area contributed by atoms with Crippen molar-refractivity contribution in [3.63, 3.8) is 0 Å². The molecule has 1 aliphatic rings.